The van der Waals surface area contributed by atoms with Gasteiger partial charge in [0.25, 0.3) is 0 Å². The van der Waals surface area contributed by atoms with E-state index in [-0.39, 0.29) is 0 Å². The maximum Gasteiger partial charge on any atom is 0.329 e. The van der Waals surface area contributed by atoms with Crippen molar-refractivity contribution in [3.63, 3.8) is 0 Å². The van der Waals surface area contributed by atoms with Gasteiger partial charge in [0.15, 0.2) is 0 Å². The molecule has 0 aromatic heterocycles. The molecule has 0 spiro atoms. The van der Waals surface area contributed by atoms with Crippen molar-refractivity contribution in [2.24, 2.45) is 0 Å². The van der Waals surface area contributed by atoms with Crippen LogP contribution in [-0.4, -0.2) is 23.0 Å². The predicted octanol–water partition coefficient (Wildman–Crippen LogP) is 2.48. The Morgan fingerprint density at radius 1 is 1.53 bits per heavy atom. The molecule has 0 radical (unpaired) electrons. The second kappa shape index (κ2) is 5.56. The molecule has 0 saturated heterocycles. The first kappa shape index (κ1) is 11.8. The van der Waals surface area contributed by atoms with Gasteiger partial charge in [0.1, 0.15) is 0 Å². The Bertz CT molecular complexity index is 377. The lowest BCUT2D eigenvalue weighted by Gasteiger charge is -2.14. The summed E-state index contributed by atoms with van der Waals surface area (Å²) in [5.41, 5.74) is 1.12. The molecule has 0 bridgehead atoms. The number of carboxylic acids is 1. The second-order valence-electron chi connectivity index (χ2n) is 3.16. The van der Waals surface area contributed by atoms with Crippen LogP contribution in [0.15, 0.2) is 41.0 Å². The molecule has 0 saturated carbocycles. The Balaban J connectivity index is 2.62. The molecule has 4 heteroatoms. The monoisotopic (exact) mass is 269 g/mol. The summed E-state index contributed by atoms with van der Waals surface area (Å²) in [5, 5.41) is 8.46. The molecule has 0 amide bonds. The van der Waals surface area contributed by atoms with Crippen LogP contribution < -0.4 is 0 Å². The molecular formula is C11H12BrNO2. The average molecular weight is 270 g/mol. The quantitative estimate of drug-likeness (QED) is 0.854. The highest BCUT2D eigenvalue weighted by molar-refractivity contribution is 9.10. The van der Waals surface area contributed by atoms with E-state index in [0.29, 0.717) is 6.54 Å². The van der Waals surface area contributed by atoms with Gasteiger partial charge in [-0.3, -0.25) is 0 Å². The Morgan fingerprint density at radius 3 is 2.80 bits per heavy atom. The predicted molar refractivity (Wildman–Crippen MR) is 62.4 cm³/mol. The normalized spacial score (nSPS) is 10.5. The maximum absolute atomic E-state index is 10.3. The van der Waals surface area contributed by atoms with Gasteiger partial charge in [-0.2, -0.15) is 0 Å². The second-order valence-corrected chi connectivity index (χ2v) is 4.01. The summed E-state index contributed by atoms with van der Waals surface area (Å²) in [5.74, 6) is -0.936. The zero-order chi connectivity index (χ0) is 11.3. The van der Waals surface area contributed by atoms with Gasteiger partial charge in [-0.1, -0.05) is 34.1 Å². The van der Waals surface area contributed by atoms with E-state index < -0.39 is 5.97 Å². The number of carboxylic acid groups (broad SMARTS) is 1. The summed E-state index contributed by atoms with van der Waals surface area (Å²) in [4.78, 5) is 12.1. The van der Waals surface area contributed by atoms with Gasteiger partial charge in [-0.15, -0.1) is 0 Å². The molecule has 0 heterocycles. The molecule has 15 heavy (non-hydrogen) atoms. The third kappa shape index (κ3) is 4.16. The van der Waals surface area contributed by atoms with E-state index in [9.17, 15) is 4.79 Å². The van der Waals surface area contributed by atoms with Crippen LogP contribution in [0.4, 0.5) is 0 Å². The number of benzene rings is 1. The Kier molecular flexibility index (Phi) is 4.37. The smallest absolute Gasteiger partial charge is 0.329 e. The van der Waals surface area contributed by atoms with Crippen LogP contribution in [0.25, 0.3) is 0 Å². The standard InChI is InChI=1S/C11H12BrNO2/c1-13(7-6-11(14)15)8-9-4-2-3-5-10(9)12/h2-7H,8H2,1H3,(H,14,15). The third-order valence-electron chi connectivity index (χ3n) is 1.85. The number of hydrogen-bond donors (Lipinski definition) is 1. The largest absolute Gasteiger partial charge is 0.478 e. The van der Waals surface area contributed by atoms with Crippen LogP contribution in [-0.2, 0) is 11.3 Å². The van der Waals surface area contributed by atoms with Crippen molar-refractivity contribution < 1.29 is 9.90 Å². The van der Waals surface area contributed by atoms with Crippen molar-refractivity contribution in [3.05, 3.63) is 46.6 Å². The zero-order valence-corrected chi connectivity index (χ0v) is 9.94. The molecule has 0 fully saturated rings. The van der Waals surface area contributed by atoms with Gasteiger partial charge < -0.3 is 10.0 Å². The topological polar surface area (TPSA) is 40.5 Å². The van der Waals surface area contributed by atoms with Gasteiger partial charge in [0.05, 0.1) is 0 Å². The van der Waals surface area contributed by atoms with E-state index in [1.807, 2.05) is 36.2 Å². The third-order valence-corrected chi connectivity index (χ3v) is 2.62. The highest BCUT2D eigenvalue weighted by Gasteiger charge is 2.00. The molecule has 3 nitrogen and oxygen atoms in total. The van der Waals surface area contributed by atoms with Gasteiger partial charge in [0, 0.05) is 30.3 Å². The molecule has 1 N–H and O–H groups in total. The molecule has 1 aromatic carbocycles. The van der Waals surface area contributed by atoms with Crippen molar-refractivity contribution in [1.82, 2.24) is 4.90 Å². The number of halogens is 1. The lowest BCUT2D eigenvalue weighted by Crippen LogP contribution is -2.11. The Hall–Kier alpha value is -1.29. The van der Waals surface area contributed by atoms with E-state index in [2.05, 4.69) is 15.9 Å². The van der Waals surface area contributed by atoms with Crippen LogP contribution in [0, 0.1) is 0 Å². The van der Waals surface area contributed by atoms with Crippen LogP contribution >= 0.6 is 15.9 Å². The van der Waals surface area contributed by atoms with E-state index in [1.165, 1.54) is 0 Å². The van der Waals surface area contributed by atoms with Crippen LogP contribution in [0.2, 0.25) is 0 Å². The van der Waals surface area contributed by atoms with Gasteiger partial charge in [-0.05, 0) is 11.6 Å². The first-order valence-electron chi connectivity index (χ1n) is 4.44. The summed E-state index contributed by atoms with van der Waals surface area (Å²) < 4.78 is 1.03. The summed E-state index contributed by atoms with van der Waals surface area (Å²) in [6.07, 6.45) is 2.67. The molecule has 0 unspecified atom stereocenters. The summed E-state index contributed by atoms with van der Waals surface area (Å²) in [6.45, 7) is 0.672. The van der Waals surface area contributed by atoms with Crippen molar-refractivity contribution in [2.45, 2.75) is 6.54 Å². The minimum atomic E-state index is -0.936. The fourth-order valence-corrected chi connectivity index (χ4v) is 1.55. The Morgan fingerprint density at radius 2 is 2.20 bits per heavy atom. The van der Waals surface area contributed by atoms with E-state index >= 15 is 0 Å². The highest BCUT2D eigenvalue weighted by Crippen LogP contribution is 2.17. The minimum absolute atomic E-state index is 0.672. The van der Waals surface area contributed by atoms with E-state index in [1.54, 1.807) is 6.20 Å². The molecule has 0 aliphatic heterocycles. The zero-order valence-electron chi connectivity index (χ0n) is 8.35. The van der Waals surface area contributed by atoms with Crippen LogP contribution in [0.5, 0.6) is 0 Å². The summed E-state index contributed by atoms with van der Waals surface area (Å²) in [6, 6.07) is 7.86. The number of nitrogens with zero attached hydrogens (tertiary/aromatic N) is 1. The molecule has 1 aromatic rings. The van der Waals surface area contributed by atoms with Crippen LogP contribution in [0.1, 0.15) is 5.56 Å². The van der Waals surface area contributed by atoms with Gasteiger partial charge >= 0.3 is 5.97 Å². The summed E-state index contributed by atoms with van der Waals surface area (Å²) >= 11 is 3.44. The maximum atomic E-state index is 10.3. The van der Waals surface area contributed by atoms with Crippen molar-refractivity contribution in [2.75, 3.05) is 7.05 Å². The van der Waals surface area contributed by atoms with Crippen molar-refractivity contribution >= 4 is 21.9 Å². The van der Waals surface area contributed by atoms with E-state index in [4.69, 9.17) is 5.11 Å². The van der Waals surface area contributed by atoms with E-state index in [0.717, 1.165) is 16.1 Å². The first-order valence-corrected chi connectivity index (χ1v) is 5.23. The molecule has 0 aliphatic rings. The first-order chi connectivity index (χ1) is 7.09. The molecule has 0 atom stereocenters. The van der Waals surface area contributed by atoms with Gasteiger partial charge in [-0.25, -0.2) is 4.79 Å². The lowest BCUT2D eigenvalue weighted by molar-refractivity contribution is -0.131. The molecule has 1 rings (SSSR count). The molecular weight excluding hydrogens is 258 g/mol. The average Bonchev–Trinajstić information content (AvgIpc) is 2.18. The van der Waals surface area contributed by atoms with Crippen LogP contribution in [0.3, 0.4) is 0 Å². The van der Waals surface area contributed by atoms with Crippen molar-refractivity contribution in [3.8, 4) is 0 Å². The minimum Gasteiger partial charge on any atom is -0.478 e. The lowest BCUT2D eigenvalue weighted by atomic mass is 10.2. The fourth-order valence-electron chi connectivity index (χ4n) is 1.14. The number of rotatable bonds is 4. The number of carbonyl (C=O) groups is 1. The number of hydrogen-bond acceptors (Lipinski definition) is 2. The Labute approximate surface area is 97.1 Å². The number of aliphatic carboxylic acids is 1. The highest BCUT2D eigenvalue weighted by atomic mass is 79.9. The van der Waals surface area contributed by atoms with Crippen molar-refractivity contribution in [1.29, 1.82) is 0 Å². The molecule has 80 valence electrons. The van der Waals surface area contributed by atoms with Gasteiger partial charge in [0.2, 0.25) is 0 Å². The fraction of sp³-hybridized carbons (Fsp3) is 0.182. The molecule has 0 aliphatic carbocycles. The SMILES string of the molecule is CN(C=CC(=O)O)Cc1ccccc1Br. The summed E-state index contributed by atoms with van der Waals surface area (Å²) in [7, 11) is 1.83.